The summed E-state index contributed by atoms with van der Waals surface area (Å²) in [6.45, 7) is 3.63. The fourth-order valence-corrected chi connectivity index (χ4v) is 7.35. The van der Waals surface area contributed by atoms with Gasteiger partial charge in [-0.05, 0) is 101 Å². The van der Waals surface area contributed by atoms with Crippen LogP contribution < -0.4 is 49.3 Å². The van der Waals surface area contributed by atoms with Crippen LogP contribution in [0.2, 0.25) is 0 Å². The molecule has 2 heterocycles. The number of hydrogen-bond donors (Lipinski definition) is 3. The van der Waals surface area contributed by atoms with Gasteiger partial charge in [-0.25, -0.2) is 0 Å². The van der Waals surface area contributed by atoms with E-state index >= 15 is 0 Å². The Labute approximate surface area is 394 Å². The Kier molecular flexibility index (Phi) is 18.0. The molecule has 13 nitrogen and oxygen atoms in total. The van der Waals surface area contributed by atoms with Gasteiger partial charge in [0.2, 0.25) is 0 Å². The second-order valence-corrected chi connectivity index (χ2v) is 14.9. The van der Waals surface area contributed by atoms with Crippen molar-refractivity contribution in [1.82, 2.24) is 0 Å². The Hall–Kier alpha value is -6.98. The largest absolute Gasteiger partial charge is 1.00 e. The van der Waals surface area contributed by atoms with Gasteiger partial charge in [0.15, 0.2) is 0 Å². The van der Waals surface area contributed by atoms with E-state index in [9.17, 15) is 14.7 Å². The standard InChI is InChI=1S/C27H27NO5.C25H23NO5.Li.H2O/c1-3-31-26(29)14-21-7-8-23(30-2)15-25(21)33-17-19-12-22-9-10-32-27(22)24(13-19)20-6-4-5-18(11-20)16-28;1-29-21-6-5-19(12-24(27)28)23(13-21)31-15-17-10-20-7-8-30-25(20)22(11-17)18-4-2-3-16(9-18)14-26;;/h4-13,15H,3,14,16-17,28H2,1-2H3;2-11,13H,12,14-15,26H2,1H3,(H,27,28);;1H2/q;;+1;/p-1. The minimum absolute atomic E-state index is 0. The van der Waals surface area contributed by atoms with Crippen molar-refractivity contribution in [2.75, 3.05) is 20.8 Å². The molecule has 0 radical (unpaired) electrons. The average molecular weight is 887 g/mol. The zero-order chi connectivity index (χ0) is 45.0. The first-order chi connectivity index (χ1) is 31.2. The van der Waals surface area contributed by atoms with Gasteiger partial charge in [0.25, 0.3) is 0 Å². The van der Waals surface area contributed by atoms with Crippen LogP contribution in [0.1, 0.15) is 40.3 Å². The quantitative estimate of drug-likeness (QED) is 0.0632. The molecular weight excluding hydrogens is 836 g/mol. The van der Waals surface area contributed by atoms with Crippen LogP contribution >= 0.6 is 0 Å². The maximum absolute atomic E-state index is 12.0. The van der Waals surface area contributed by atoms with Crippen molar-refractivity contribution < 1.29 is 71.6 Å². The van der Waals surface area contributed by atoms with E-state index in [1.807, 2.05) is 78.9 Å². The molecule has 0 atom stereocenters. The number of nitrogens with two attached hydrogens (primary N) is 2. The number of carboxylic acid groups (broad SMARTS) is 1. The number of methoxy groups -OCH3 is 2. The molecule has 0 unspecified atom stereocenters. The summed E-state index contributed by atoms with van der Waals surface area (Å²) in [4.78, 5) is 23.2. The van der Waals surface area contributed by atoms with Crippen molar-refractivity contribution in [3.63, 3.8) is 0 Å². The first kappa shape index (κ1) is 50.0. The summed E-state index contributed by atoms with van der Waals surface area (Å²) in [6.07, 6.45) is 3.35. The van der Waals surface area contributed by atoms with Gasteiger partial charge in [0.1, 0.15) is 47.4 Å². The van der Waals surface area contributed by atoms with Gasteiger partial charge in [0.05, 0.1) is 46.2 Å². The molecule has 0 aliphatic rings. The number of furan rings is 2. The molecule has 336 valence electrons. The molecule has 0 aliphatic heterocycles. The summed E-state index contributed by atoms with van der Waals surface area (Å²) in [5.74, 6) is 1.12. The Morgan fingerprint density at radius 1 is 0.591 bits per heavy atom. The Morgan fingerprint density at radius 3 is 1.48 bits per heavy atom. The Morgan fingerprint density at radius 2 is 1.06 bits per heavy atom. The molecule has 0 spiro atoms. The molecule has 8 rings (SSSR count). The first-order valence-corrected chi connectivity index (χ1v) is 20.7. The van der Waals surface area contributed by atoms with Crippen LogP contribution in [0.15, 0.2) is 143 Å². The molecule has 0 fully saturated rings. The Bertz CT molecular complexity index is 2890. The van der Waals surface area contributed by atoms with E-state index in [0.29, 0.717) is 54.9 Å². The number of fused-ring (bicyclic) bond motifs is 2. The van der Waals surface area contributed by atoms with Gasteiger partial charge in [-0.1, -0.05) is 48.5 Å². The van der Waals surface area contributed by atoms with Gasteiger partial charge >= 0.3 is 30.8 Å². The van der Waals surface area contributed by atoms with Crippen LogP contribution in [0.5, 0.6) is 23.0 Å². The fourth-order valence-electron chi connectivity index (χ4n) is 7.35. The predicted molar refractivity (Wildman–Crippen MR) is 247 cm³/mol. The monoisotopic (exact) mass is 886 g/mol. The number of benzene rings is 6. The van der Waals surface area contributed by atoms with Crippen LogP contribution in [0, 0.1) is 0 Å². The molecular formula is C52H51LiN2O11. The number of carboxylic acids is 1. The maximum Gasteiger partial charge on any atom is 1.00 e. The summed E-state index contributed by atoms with van der Waals surface area (Å²) in [5.41, 5.74) is 22.6. The van der Waals surface area contributed by atoms with E-state index in [-0.39, 0.29) is 49.8 Å². The van der Waals surface area contributed by atoms with Crippen molar-refractivity contribution in [3.8, 4) is 45.3 Å². The smallest absolute Gasteiger partial charge is 0.870 e. The minimum Gasteiger partial charge on any atom is -0.870 e. The van der Waals surface area contributed by atoms with Crippen LogP contribution in [0.3, 0.4) is 0 Å². The van der Waals surface area contributed by atoms with Crippen LogP contribution in [-0.2, 0) is 53.5 Å². The van der Waals surface area contributed by atoms with Gasteiger partial charge in [-0.15, -0.1) is 0 Å². The van der Waals surface area contributed by atoms with Crippen molar-refractivity contribution in [2.45, 2.75) is 46.1 Å². The number of esters is 1. The van der Waals surface area contributed by atoms with E-state index in [2.05, 4.69) is 18.2 Å². The molecule has 0 amide bonds. The van der Waals surface area contributed by atoms with Crippen molar-refractivity contribution in [2.24, 2.45) is 11.5 Å². The zero-order valence-electron chi connectivity index (χ0n) is 37.4. The molecule has 2 aromatic heterocycles. The molecule has 66 heavy (non-hydrogen) atoms. The van der Waals surface area contributed by atoms with Crippen molar-refractivity contribution in [1.29, 1.82) is 0 Å². The molecule has 0 saturated heterocycles. The zero-order valence-corrected chi connectivity index (χ0v) is 37.4. The second kappa shape index (κ2) is 23.8. The number of rotatable bonds is 17. The first-order valence-electron chi connectivity index (χ1n) is 20.7. The molecule has 0 saturated carbocycles. The normalized spacial score (nSPS) is 10.6. The Balaban J connectivity index is 0.000000241. The third-order valence-corrected chi connectivity index (χ3v) is 10.5. The van der Waals surface area contributed by atoms with Crippen molar-refractivity contribution in [3.05, 3.63) is 167 Å². The van der Waals surface area contributed by atoms with Crippen LogP contribution in [0.4, 0.5) is 0 Å². The second-order valence-electron chi connectivity index (χ2n) is 14.9. The number of ether oxygens (including phenoxy) is 5. The van der Waals surface area contributed by atoms with E-state index < -0.39 is 5.97 Å². The van der Waals surface area contributed by atoms with Gasteiger partial charge < -0.3 is 54.6 Å². The van der Waals surface area contributed by atoms with Crippen LogP contribution in [0.25, 0.3) is 44.2 Å². The van der Waals surface area contributed by atoms with E-state index in [1.165, 1.54) is 0 Å². The number of carbonyl (C=O) groups excluding carboxylic acids is 1. The van der Waals surface area contributed by atoms with E-state index in [0.717, 1.165) is 72.0 Å². The average Bonchev–Trinajstić information content (AvgIpc) is 4.01. The molecule has 0 bridgehead atoms. The van der Waals surface area contributed by atoms with Gasteiger partial charge in [-0.3, -0.25) is 9.59 Å². The maximum atomic E-state index is 12.0. The number of hydrogen-bond acceptors (Lipinski definition) is 12. The SMILES string of the molecule is CCOC(=O)Cc1ccc(OC)cc1OCc1cc(-c2cccc(CN)c2)c2occc2c1.COc1ccc(CC(=O)O)c(OCc2cc(-c3cccc(CN)c3)c3occc3c2)c1.[Li+].[OH-]. The summed E-state index contributed by atoms with van der Waals surface area (Å²) in [6, 6.07) is 38.7. The summed E-state index contributed by atoms with van der Waals surface area (Å²) in [5, 5.41) is 11.1. The molecule has 14 heteroatoms. The molecule has 0 aliphatic carbocycles. The molecule has 8 aromatic rings. The van der Waals surface area contributed by atoms with Crippen LogP contribution in [-0.4, -0.2) is 43.3 Å². The fraction of sp³-hybridized carbons (Fsp3) is 0.192. The minimum atomic E-state index is -0.920. The third-order valence-electron chi connectivity index (χ3n) is 10.5. The summed E-state index contributed by atoms with van der Waals surface area (Å²) in [7, 11) is 3.16. The van der Waals surface area contributed by atoms with E-state index in [4.69, 9.17) is 44.0 Å². The third kappa shape index (κ3) is 12.4. The molecule has 6 aromatic carbocycles. The molecule has 6 N–H and O–H groups in total. The van der Waals surface area contributed by atoms with E-state index in [1.54, 1.807) is 57.9 Å². The number of carbonyl (C=O) groups is 2. The topological polar surface area (TPSA) is 209 Å². The summed E-state index contributed by atoms with van der Waals surface area (Å²) < 4.78 is 39.4. The van der Waals surface area contributed by atoms with Gasteiger partial charge in [0, 0.05) is 58.2 Å². The van der Waals surface area contributed by atoms with Crippen molar-refractivity contribution >= 4 is 33.9 Å². The van der Waals surface area contributed by atoms with Gasteiger partial charge in [-0.2, -0.15) is 0 Å². The summed E-state index contributed by atoms with van der Waals surface area (Å²) >= 11 is 0. The number of aliphatic carboxylic acids is 1. The predicted octanol–water partition coefficient (Wildman–Crippen LogP) is 6.85.